The predicted molar refractivity (Wildman–Crippen MR) is 94.7 cm³/mol. The van der Waals surface area contributed by atoms with E-state index in [1.807, 2.05) is 30.3 Å². The number of hydrogen-bond acceptors (Lipinski definition) is 4. The van der Waals surface area contributed by atoms with E-state index >= 15 is 0 Å². The Morgan fingerprint density at radius 1 is 1.23 bits per heavy atom. The fourth-order valence-corrected chi connectivity index (χ4v) is 4.23. The van der Waals surface area contributed by atoms with Gasteiger partial charge in [0.15, 0.2) is 0 Å². The molecule has 2 aromatic carbocycles. The largest absolute Gasteiger partial charge is 0.421 e. The summed E-state index contributed by atoms with van der Waals surface area (Å²) < 4.78 is 25.1. The maximum atomic E-state index is 13.1. The molecule has 0 saturated carbocycles. The minimum Gasteiger partial charge on any atom is -0.421 e. The SMILES string of the molecule is CCOP(=O)(Oc1ccc2[nH]nc(I)c2c1)c1ccccc1. The monoisotopic (exact) mass is 428 g/mol. The molecule has 0 spiro atoms. The van der Waals surface area contributed by atoms with Crippen LogP contribution in [0.15, 0.2) is 48.5 Å². The second-order valence-electron chi connectivity index (χ2n) is 4.56. The molecule has 1 N–H and O–H groups in total. The van der Waals surface area contributed by atoms with Crippen molar-refractivity contribution in [3.8, 4) is 5.75 Å². The van der Waals surface area contributed by atoms with Crippen molar-refractivity contribution in [2.45, 2.75) is 6.92 Å². The lowest BCUT2D eigenvalue weighted by molar-refractivity contribution is 0.289. The van der Waals surface area contributed by atoms with Gasteiger partial charge in [-0.2, -0.15) is 5.10 Å². The third kappa shape index (κ3) is 3.04. The van der Waals surface area contributed by atoms with Crippen LogP contribution < -0.4 is 9.83 Å². The molecule has 1 unspecified atom stereocenters. The summed E-state index contributed by atoms with van der Waals surface area (Å²) in [5, 5.41) is 8.52. The molecule has 3 aromatic rings. The van der Waals surface area contributed by atoms with E-state index in [1.54, 1.807) is 25.1 Å². The van der Waals surface area contributed by atoms with Crippen molar-refractivity contribution < 1.29 is 13.6 Å². The van der Waals surface area contributed by atoms with Crippen LogP contribution in [0.3, 0.4) is 0 Å². The van der Waals surface area contributed by atoms with Crippen LogP contribution in [0, 0.1) is 3.70 Å². The number of aromatic amines is 1. The number of rotatable bonds is 5. The van der Waals surface area contributed by atoms with Gasteiger partial charge in [-0.1, -0.05) is 18.2 Å². The summed E-state index contributed by atoms with van der Waals surface area (Å²) in [6.45, 7) is 2.10. The maximum Gasteiger partial charge on any atom is 0.410 e. The first-order valence-corrected chi connectivity index (χ1v) is 9.38. The second kappa shape index (κ2) is 6.40. The van der Waals surface area contributed by atoms with Crippen LogP contribution in [0.5, 0.6) is 5.75 Å². The minimum absolute atomic E-state index is 0.303. The van der Waals surface area contributed by atoms with Crippen LogP contribution in [-0.2, 0) is 9.09 Å². The Balaban J connectivity index is 1.99. The van der Waals surface area contributed by atoms with Crippen LogP contribution in [0.25, 0.3) is 10.9 Å². The van der Waals surface area contributed by atoms with Crippen molar-refractivity contribution in [2.75, 3.05) is 6.61 Å². The first kappa shape index (κ1) is 15.5. The molecule has 0 bridgehead atoms. The van der Waals surface area contributed by atoms with E-state index in [9.17, 15) is 4.57 Å². The quantitative estimate of drug-likeness (QED) is 0.491. The summed E-state index contributed by atoms with van der Waals surface area (Å²) in [6, 6.07) is 14.4. The molecular formula is C15H14IN2O3P. The van der Waals surface area contributed by atoms with Gasteiger partial charge in [-0.15, -0.1) is 0 Å². The van der Waals surface area contributed by atoms with Gasteiger partial charge in [-0.25, -0.2) is 4.57 Å². The number of halogens is 1. The summed E-state index contributed by atoms with van der Waals surface area (Å²) in [5.74, 6) is 0.493. The maximum absolute atomic E-state index is 13.1. The van der Waals surface area contributed by atoms with Crippen molar-refractivity contribution >= 4 is 46.4 Å². The molecule has 0 aliphatic heterocycles. The highest BCUT2D eigenvalue weighted by molar-refractivity contribution is 14.1. The molecule has 0 amide bonds. The second-order valence-corrected chi connectivity index (χ2v) is 7.54. The van der Waals surface area contributed by atoms with Crippen LogP contribution in [0.4, 0.5) is 0 Å². The zero-order valence-electron chi connectivity index (χ0n) is 11.8. The van der Waals surface area contributed by atoms with E-state index < -0.39 is 7.60 Å². The third-order valence-electron chi connectivity index (χ3n) is 3.08. The van der Waals surface area contributed by atoms with E-state index in [0.717, 1.165) is 14.6 Å². The van der Waals surface area contributed by atoms with Crippen LogP contribution in [-0.4, -0.2) is 16.8 Å². The predicted octanol–water partition coefficient (Wildman–Crippen LogP) is 4.10. The van der Waals surface area contributed by atoms with E-state index in [2.05, 4.69) is 32.8 Å². The molecule has 0 radical (unpaired) electrons. The molecule has 1 atom stereocenters. The van der Waals surface area contributed by atoms with Crippen molar-refractivity contribution in [3.63, 3.8) is 0 Å². The smallest absolute Gasteiger partial charge is 0.410 e. The lowest BCUT2D eigenvalue weighted by atomic mass is 10.2. The highest BCUT2D eigenvalue weighted by atomic mass is 127. The van der Waals surface area contributed by atoms with Crippen LogP contribution in [0.1, 0.15) is 6.92 Å². The van der Waals surface area contributed by atoms with Crippen LogP contribution in [0.2, 0.25) is 0 Å². The summed E-state index contributed by atoms with van der Waals surface area (Å²) >= 11 is 2.14. The van der Waals surface area contributed by atoms with E-state index in [-0.39, 0.29) is 0 Å². The molecule has 3 rings (SSSR count). The standard InChI is InChI=1S/C15H14IN2O3P/c1-2-20-22(19,12-6-4-3-5-7-12)21-11-8-9-14-13(10-11)15(16)18-17-14/h3-10H,2H2,1H3,(H,17,18). The highest BCUT2D eigenvalue weighted by Gasteiger charge is 2.28. The average molecular weight is 428 g/mol. The normalized spacial score (nSPS) is 13.9. The topological polar surface area (TPSA) is 64.2 Å². The molecule has 22 heavy (non-hydrogen) atoms. The molecule has 0 aliphatic rings. The molecule has 7 heteroatoms. The van der Waals surface area contributed by atoms with Gasteiger partial charge in [0.1, 0.15) is 9.45 Å². The Morgan fingerprint density at radius 2 is 2.00 bits per heavy atom. The highest BCUT2D eigenvalue weighted by Crippen LogP contribution is 2.47. The number of H-pyrrole nitrogens is 1. The van der Waals surface area contributed by atoms with Crippen LogP contribution >= 0.6 is 30.2 Å². The zero-order valence-corrected chi connectivity index (χ0v) is 14.9. The fourth-order valence-electron chi connectivity index (χ4n) is 2.09. The zero-order chi connectivity index (χ0) is 15.6. The molecule has 0 fully saturated rings. The third-order valence-corrected chi connectivity index (χ3v) is 5.89. The van der Waals surface area contributed by atoms with Crippen molar-refractivity contribution in [2.24, 2.45) is 0 Å². The average Bonchev–Trinajstić information content (AvgIpc) is 2.89. The van der Waals surface area contributed by atoms with Gasteiger partial charge in [0.2, 0.25) is 0 Å². The van der Waals surface area contributed by atoms with E-state index in [0.29, 0.717) is 17.7 Å². The van der Waals surface area contributed by atoms with Gasteiger partial charge in [0.05, 0.1) is 17.4 Å². The van der Waals surface area contributed by atoms with Gasteiger partial charge in [0.25, 0.3) is 0 Å². The van der Waals surface area contributed by atoms with E-state index in [4.69, 9.17) is 9.05 Å². The van der Waals surface area contributed by atoms with Gasteiger partial charge in [-0.05, 0) is 59.8 Å². The number of nitrogens with zero attached hydrogens (tertiary/aromatic N) is 1. The van der Waals surface area contributed by atoms with Gasteiger partial charge < -0.3 is 4.52 Å². The van der Waals surface area contributed by atoms with E-state index in [1.165, 1.54) is 0 Å². The summed E-state index contributed by atoms with van der Waals surface area (Å²) in [5.41, 5.74) is 0.905. The Kier molecular flexibility index (Phi) is 4.52. The molecule has 1 aromatic heterocycles. The Bertz CT molecular complexity index is 835. The number of benzene rings is 2. The Morgan fingerprint density at radius 3 is 2.73 bits per heavy atom. The number of aromatic nitrogens is 2. The minimum atomic E-state index is -3.40. The first-order chi connectivity index (χ1) is 10.6. The molecule has 0 aliphatic carbocycles. The summed E-state index contributed by atoms with van der Waals surface area (Å²) in [4.78, 5) is 0. The Labute approximate surface area is 141 Å². The van der Waals surface area contributed by atoms with Crippen molar-refractivity contribution in [1.82, 2.24) is 10.2 Å². The summed E-state index contributed by atoms with van der Waals surface area (Å²) in [7, 11) is -3.40. The van der Waals surface area contributed by atoms with Crippen molar-refractivity contribution in [1.29, 1.82) is 0 Å². The number of hydrogen-bond donors (Lipinski definition) is 1. The molecule has 0 saturated heterocycles. The summed E-state index contributed by atoms with van der Waals surface area (Å²) in [6.07, 6.45) is 0. The lowest BCUT2D eigenvalue weighted by Crippen LogP contribution is -2.12. The van der Waals surface area contributed by atoms with Gasteiger partial charge in [-0.3, -0.25) is 9.62 Å². The Hall–Kier alpha value is -1.37. The molecule has 114 valence electrons. The van der Waals surface area contributed by atoms with Crippen molar-refractivity contribution in [3.05, 3.63) is 52.2 Å². The van der Waals surface area contributed by atoms with Gasteiger partial charge in [0, 0.05) is 5.39 Å². The lowest BCUT2D eigenvalue weighted by Gasteiger charge is -2.18. The number of fused-ring (bicyclic) bond motifs is 1. The molecule has 1 heterocycles. The number of nitrogens with one attached hydrogen (secondary N) is 1. The molecule has 5 nitrogen and oxygen atoms in total. The first-order valence-electron chi connectivity index (χ1n) is 6.76. The molecular weight excluding hydrogens is 414 g/mol. The van der Waals surface area contributed by atoms with Gasteiger partial charge >= 0.3 is 7.60 Å². The fraction of sp³-hybridized carbons (Fsp3) is 0.133.